The number of anilines is 5. The molecule has 0 radical (unpaired) electrons. The lowest BCUT2D eigenvalue weighted by Gasteiger charge is -2.48. The molecule has 3 aliphatic rings. The van der Waals surface area contributed by atoms with Gasteiger partial charge >= 0.3 is 6.85 Å². The highest BCUT2D eigenvalue weighted by Gasteiger charge is 2.50. The second kappa shape index (κ2) is 13.7. The van der Waals surface area contributed by atoms with E-state index in [1.54, 1.807) is 0 Å². The predicted octanol–water partition coefficient (Wildman–Crippen LogP) is 14.6. The van der Waals surface area contributed by atoms with Gasteiger partial charge in [-0.2, -0.15) is 0 Å². The summed E-state index contributed by atoms with van der Waals surface area (Å²) in [6.07, 6.45) is 0. The quantitative estimate of drug-likeness (QED) is 0.164. The van der Waals surface area contributed by atoms with Crippen LogP contribution in [-0.2, 0) is 16.2 Å². The zero-order valence-corrected chi connectivity index (χ0v) is 37.2. The largest absolute Gasteiger partial charge is 0.376 e. The second-order valence-corrected chi connectivity index (χ2v) is 20.2. The molecule has 8 aromatic rings. The van der Waals surface area contributed by atoms with E-state index in [0.29, 0.717) is 0 Å². The van der Waals surface area contributed by atoms with E-state index >= 15 is 0 Å². The van der Waals surface area contributed by atoms with Crippen molar-refractivity contribution in [3.8, 4) is 44.5 Å². The fraction of sp³-hybridized carbons (Fsp3) is 0.186. The fourth-order valence-electron chi connectivity index (χ4n) is 10.8. The second-order valence-electron chi connectivity index (χ2n) is 20.2. The van der Waals surface area contributed by atoms with E-state index in [1.807, 2.05) is 0 Å². The van der Waals surface area contributed by atoms with E-state index in [4.69, 9.17) is 0 Å². The maximum absolute atomic E-state index is 2.70. The number of hydrogen-bond donors (Lipinski definition) is 0. The lowest BCUT2D eigenvalue weighted by molar-refractivity contribution is 0.590. The van der Waals surface area contributed by atoms with E-state index < -0.39 is 0 Å². The Hall–Kier alpha value is -6.58. The van der Waals surface area contributed by atoms with Gasteiger partial charge in [0.2, 0.25) is 0 Å². The van der Waals surface area contributed by atoms with Crippen molar-refractivity contribution in [2.45, 2.75) is 71.6 Å². The van der Waals surface area contributed by atoms with Crippen LogP contribution in [0.1, 0.15) is 77.6 Å². The van der Waals surface area contributed by atoms with Gasteiger partial charge in [0.15, 0.2) is 0 Å². The van der Waals surface area contributed by atoms with Crippen molar-refractivity contribution in [2.75, 3.05) is 9.71 Å². The first kappa shape index (κ1) is 38.4. The van der Waals surface area contributed by atoms with Gasteiger partial charge in [-0.05, 0) is 126 Å². The summed E-state index contributed by atoms with van der Waals surface area (Å²) in [6, 6.07) is 66.6. The van der Waals surface area contributed by atoms with E-state index in [1.165, 1.54) is 106 Å². The van der Waals surface area contributed by atoms with Gasteiger partial charge in [0.25, 0.3) is 0 Å². The van der Waals surface area contributed by atoms with Gasteiger partial charge in [0, 0.05) is 39.3 Å². The van der Waals surface area contributed by atoms with E-state index in [9.17, 15) is 0 Å². The number of para-hydroxylation sites is 1. The van der Waals surface area contributed by atoms with Gasteiger partial charge in [-0.3, -0.25) is 0 Å². The minimum absolute atomic E-state index is 0.0357. The predicted molar refractivity (Wildman–Crippen MR) is 266 cm³/mol. The smallest absolute Gasteiger partial charge is 0.333 e. The molecule has 0 saturated heterocycles. The monoisotopic (exact) mass is 800 g/mol. The van der Waals surface area contributed by atoms with Crippen molar-refractivity contribution >= 4 is 46.2 Å². The van der Waals surface area contributed by atoms with Crippen LogP contribution in [-0.4, -0.2) is 6.85 Å². The molecule has 62 heavy (non-hydrogen) atoms. The summed E-state index contributed by atoms with van der Waals surface area (Å²) in [7, 11) is 0. The molecule has 0 bridgehead atoms. The topological polar surface area (TPSA) is 6.48 Å². The Kier molecular flexibility index (Phi) is 8.48. The average Bonchev–Trinajstić information content (AvgIpc) is 3.52. The molecule has 2 aliphatic heterocycles. The molecule has 0 saturated carbocycles. The number of nitrogens with zero attached hydrogens (tertiary/aromatic N) is 2. The minimum atomic E-state index is -0.248. The Morgan fingerprint density at radius 1 is 0.403 bits per heavy atom. The van der Waals surface area contributed by atoms with Crippen LogP contribution in [0.4, 0.5) is 28.4 Å². The van der Waals surface area contributed by atoms with Crippen molar-refractivity contribution in [2.24, 2.45) is 0 Å². The average molecular weight is 801 g/mol. The van der Waals surface area contributed by atoms with Crippen LogP contribution in [0, 0.1) is 0 Å². The minimum Gasteiger partial charge on any atom is -0.376 e. The van der Waals surface area contributed by atoms with Crippen molar-refractivity contribution in [3.05, 3.63) is 198 Å². The summed E-state index contributed by atoms with van der Waals surface area (Å²) in [4.78, 5) is 5.32. The zero-order chi connectivity index (χ0) is 42.7. The number of rotatable bonds is 4. The Morgan fingerprint density at radius 2 is 1.00 bits per heavy atom. The molecule has 0 fully saturated rings. The Labute approximate surface area is 368 Å². The number of benzene rings is 8. The first-order valence-electron chi connectivity index (χ1n) is 22.3. The van der Waals surface area contributed by atoms with Gasteiger partial charge in [-0.25, -0.2) is 0 Å². The van der Waals surface area contributed by atoms with Crippen LogP contribution < -0.4 is 20.6 Å². The van der Waals surface area contributed by atoms with Crippen molar-refractivity contribution in [1.29, 1.82) is 0 Å². The molecular formula is C59H53BN2. The van der Waals surface area contributed by atoms with Crippen molar-refractivity contribution in [1.82, 2.24) is 0 Å². The molecule has 0 unspecified atom stereocenters. The van der Waals surface area contributed by atoms with E-state index in [-0.39, 0.29) is 23.1 Å². The lowest BCUT2D eigenvalue weighted by atomic mass is 9.41. The molecule has 0 atom stereocenters. The van der Waals surface area contributed by atoms with Gasteiger partial charge < -0.3 is 9.71 Å². The molecule has 0 spiro atoms. The third-order valence-electron chi connectivity index (χ3n) is 13.9. The SMILES string of the molecule is CC(C)(C)c1ccc(N2B3c4c(cc(-c5ccccc5)cc4N(c4ccccc4-c4ccccc4)c4ccc5c(c43)C(C)(C)c3ccccc3-5)-c3cc(C(C)(C)C)ccc32)cc1. The van der Waals surface area contributed by atoms with Gasteiger partial charge in [-0.1, -0.05) is 183 Å². The summed E-state index contributed by atoms with van der Waals surface area (Å²) in [5.74, 6) is 0. The summed E-state index contributed by atoms with van der Waals surface area (Å²) in [6.45, 7) is 18.7. The van der Waals surface area contributed by atoms with Gasteiger partial charge in [0.05, 0.1) is 5.69 Å². The molecule has 302 valence electrons. The normalized spacial score (nSPS) is 14.5. The van der Waals surface area contributed by atoms with Crippen molar-refractivity contribution in [3.63, 3.8) is 0 Å². The zero-order valence-electron chi connectivity index (χ0n) is 37.2. The summed E-state index contributed by atoms with van der Waals surface area (Å²) < 4.78 is 0. The molecule has 0 aromatic heterocycles. The van der Waals surface area contributed by atoms with Crippen LogP contribution in [0.3, 0.4) is 0 Å². The van der Waals surface area contributed by atoms with Crippen LogP contribution in [0.15, 0.2) is 176 Å². The van der Waals surface area contributed by atoms with E-state index in [2.05, 4.69) is 241 Å². The molecule has 0 N–H and O–H groups in total. The first-order chi connectivity index (χ1) is 29.8. The van der Waals surface area contributed by atoms with E-state index in [0.717, 1.165) is 0 Å². The molecular weight excluding hydrogens is 747 g/mol. The van der Waals surface area contributed by atoms with Crippen LogP contribution in [0.5, 0.6) is 0 Å². The standard InChI is InChI=1S/C59H53BN2/c1-57(2,3)41-27-30-43(31-28-41)62-51-33-29-42(58(4,5)6)37-47(51)48-35-40(38-19-11-9-12-20-38)36-53-55(48)60(62)56-52(34-32-46-45-24-15-17-25-49(45)59(7,8)54(46)56)61(53)50-26-18-16-23-44(50)39-21-13-10-14-22-39/h9-37H,1-8H3. The Balaban J connectivity index is 1.31. The van der Waals surface area contributed by atoms with Crippen LogP contribution in [0.25, 0.3) is 44.5 Å². The molecule has 11 rings (SSSR count). The highest BCUT2D eigenvalue weighted by Crippen LogP contribution is 2.55. The Morgan fingerprint density at radius 3 is 1.69 bits per heavy atom. The number of hydrogen-bond acceptors (Lipinski definition) is 2. The molecule has 2 heterocycles. The summed E-state index contributed by atoms with van der Waals surface area (Å²) >= 11 is 0. The van der Waals surface area contributed by atoms with Crippen LogP contribution >= 0.6 is 0 Å². The maximum Gasteiger partial charge on any atom is 0.333 e. The number of fused-ring (bicyclic) bond motifs is 8. The molecule has 8 aromatic carbocycles. The highest BCUT2D eigenvalue weighted by atomic mass is 15.2. The fourth-order valence-corrected chi connectivity index (χ4v) is 10.8. The first-order valence-corrected chi connectivity index (χ1v) is 22.3. The maximum atomic E-state index is 2.70. The third-order valence-corrected chi connectivity index (χ3v) is 13.9. The summed E-state index contributed by atoms with van der Waals surface area (Å²) in [5, 5.41) is 0. The van der Waals surface area contributed by atoms with Gasteiger partial charge in [0.1, 0.15) is 0 Å². The molecule has 2 nitrogen and oxygen atoms in total. The molecule has 3 heteroatoms. The lowest BCUT2D eigenvalue weighted by Crippen LogP contribution is -2.63. The highest BCUT2D eigenvalue weighted by molar-refractivity contribution is 6.94. The third kappa shape index (κ3) is 5.78. The molecule has 1 aliphatic carbocycles. The van der Waals surface area contributed by atoms with Crippen LogP contribution in [0.2, 0.25) is 0 Å². The van der Waals surface area contributed by atoms with Gasteiger partial charge in [-0.15, -0.1) is 0 Å². The Bertz CT molecular complexity index is 3060. The molecule has 0 amide bonds. The summed E-state index contributed by atoms with van der Waals surface area (Å²) in [5.41, 5.74) is 24.1. The van der Waals surface area contributed by atoms with Crippen molar-refractivity contribution < 1.29 is 0 Å².